The maximum atomic E-state index is 12.9. The third kappa shape index (κ3) is 3.71. The molecule has 1 fully saturated rings. The molecule has 1 amide bonds. The van der Waals surface area contributed by atoms with Crippen molar-refractivity contribution in [3.05, 3.63) is 35.6 Å². The summed E-state index contributed by atoms with van der Waals surface area (Å²) in [6.45, 7) is 4.86. The zero-order chi connectivity index (χ0) is 16.3. The van der Waals surface area contributed by atoms with Crippen LogP contribution in [-0.2, 0) is 4.79 Å². The number of benzene rings is 1. The number of hydrogen-bond donors (Lipinski definition) is 1. The van der Waals surface area contributed by atoms with Crippen molar-refractivity contribution in [2.75, 3.05) is 13.1 Å². The first-order valence-corrected chi connectivity index (χ1v) is 7.74. The van der Waals surface area contributed by atoms with E-state index in [1.807, 2.05) is 13.8 Å². The van der Waals surface area contributed by atoms with Crippen molar-refractivity contribution >= 4 is 11.7 Å². The largest absolute Gasteiger partial charge is 0.341 e. The Morgan fingerprint density at radius 1 is 1.27 bits per heavy atom. The molecule has 1 aliphatic heterocycles. The predicted octanol–water partition coefficient (Wildman–Crippen LogP) is 2.23. The molecule has 120 valence electrons. The van der Waals surface area contributed by atoms with Gasteiger partial charge in [-0.15, -0.1) is 0 Å². The molecule has 1 aromatic carbocycles. The molecule has 1 aromatic rings. The highest BCUT2D eigenvalue weighted by Gasteiger charge is 2.31. The average Bonchev–Trinajstić information content (AvgIpc) is 2.53. The lowest BCUT2D eigenvalue weighted by Crippen LogP contribution is -2.50. The molecule has 1 heterocycles. The number of carbonyl (C=O) groups excluding carboxylic acids is 2. The molecular formula is C17H23FN2O2. The van der Waals surface area contributed by atoms with Gasteiger partial charge in [-0.3, -0.25) is 9.59 Å². The van der Waals surface area contributed by atoms with Gasteiger partial charge in [-0.2, -0.15) is 0 Å². The Morgan fingerprint density at radius 3 is 2.50 bits per heavy atom. The van der Waals surface area contributed by atoms with Crippen LogP contribution in [0, 0.1) is 17.7 Å². The van der Waals surface area contributed by atoms with Crippen molar-refractivity contribution < 1.29 is 14.0 Å². The summed E-state index contributed by atoms with van der Waals surface area (Å²) < 4.78 is 12.9. The van der Waals surface area contributed by atoms with E-state index in [9.17, 15) is 14.0 Å². The quantitative estimate of drug-likeness (QED) is 0.868. The summed E-state index contributed by atoms with van der Waals surface area (Å²) in [7, 11) is 0. The third-order valence-corrected chi connectivity index (χ3v) is 4.24. The topological polar surface area (TPSA) is 63.4 Å². The first-order chi connectivity index (χ1) is 10.4. The average molecular weight is 306 g/mol. The van der Waals surface area contributed by atoms with Crippen LogP contribution in [0.3, 0.4) is 0 Å². The van der Waals surface area contributed by atoms with Crippen molar-refractivity contribution in [2.45, 2.75) is 32.7 Å². The molecule has 5 heteroatoms. The number of piperidine rings is 1. The lowest BCUT2D eigenvalue weighted by molar-refractivity contribution is -0.135. The molecule has 0 aromatic heterocycles. The van der Waals surface area contributed by atoms with E-state index in [0.717, 1.165) is 12.8 Å². The van der Waals surface area contributed by atoms with E-state index in [-0.39, 0.29) is 29.3 Å². The second-order valence-electron chi connectivity index (χ2n) is 6.26. The Labute approximate surface area is 130 Å². The van der Waals surface area contributed by atoms with E-state index in [0.29, 0.717) is 18.7 Å². The van der Waals surface area contributed by atoms with E-state index in [4.69, 9.17) is 5.73 Å². The standard InChI is InChI=1S/C17H23FN2O2/c1-11(2)15(19)17(22)20-9-3-4-13(10-20)16(21)12-5-7-14(18)8-6-12/h5-8,11,13,15H,3-4,9-10,19H2,1-2H3/t13?,15-/m0/s1. The number of hydrogen-bond acceptors (Lipinski definition) is 3. The molecule has 0 bridgehead atoms. The van der Waals surface area contributed by atoms with E-state index in [1.165, 1.54) is 24.3 Å². The van der Waals surface area contributed by atoms with Crippen LogP contribution in [0.15, 0.2) is 24.3 Å². The van der Waals surface area contributed by atoms with E-state index >= 15 is 0 Å². The fraction of sp³-hybridized carbons (Fsp3) is 0.529. The maximum Gasteiger partial charge on any atom is 0.239 e. The number of nitrogens with two attached hydrogens (primary N) is 1. The number of amides is 1. The Bertz CT molecular complexity index is 542. The van der Waals surface area contributed by atoms with Crippen molar-refractivity contribution in [2.24, 2.45) is 17.6 Å². The van der Waals surface area contributed by atoms with Gasteiger partial charge in [-0.25, -0.2) is 4.39 Å². The third-order valence-electron chi connectivity index (χ3n) is 4.24. The number of Topliss-reactive ketones (excluding diaryl/α,β-unsaturated/α-hetero) is 1. The van der Waals surface area contributed by atoms with Gasteiger partial charge in [-0.05, 0) is 43.0 Å². The number of halogens is 1. The molecule has 2 rings (SSSR count). The van der Waals surface area contributed by atoms with Gasteiger partial charge in [0, 0.05) is 24.6 Å². The Hall–Kier alpha value is -1.75. The number of nitrogens with zero attached hydrogens (tertiary/aromatic N) is 1. The second-order valence-corrected chi connectivity index (χ2v) is 6.26. The fourth-order valence-electron chi connectivity index (χ4n) is 2.74. The molecule has 1 saturated heterocycles. The van der Waals surface area contributed by atoms with Crippen LogP contribution in [0.2, 0.25) is 0 Å². The summed E-state index contributed by atoms with van der Waals surface area (Å²) in [6.07, 6.45) is 1.53. The molecule has 4 nitrogen and oxygen atoms in total. The molecule has 2 atom stereocenters. The van der Waals surface area contributed by atoms with E-state index in [2.05, 4.69) is 0 Å². The lowest BCUT2D eigenvalue weighted by Gasteiger charge is -2.34. The van der Waals surface area contributed by atoms with Crippen LogP contribution >= 0.6 is 0 Å². The number of carbonyl (C=O) groups is 2. The second kappa shape index (κ2) is 7.01. The summed E-state index contributed by atoms with van der Waals surface area (Å²) >= 11 is 0. The van der Waals surface area contributed by atoms with E-state index in [1.54, 1.807) is 4.90 Å². The van der Waals surface area contributed by atoms with Crippen LogP contribution in [0.1, 0.15) is 37.0 Å². The summed E-state index contributed by atoms with van der Waals surface area (Å²) in [5.74, 6) is -0.648. The van der Waals surface area contributed by atoms with Crippen LogP contribution in [0.4, 0.5) is 4.39 Å². The molecule has 0 radical (unpaired) electrons. The normalized spacial score (nSPS) is 20.0. The molecule has 0 saturated carbocycles. The SMILES string of the molecule is CC(C)[C@H](N)C(=O)N1CCCC(C(=O)c2ccc(F)cc2)C1. The minimum atomic E-state index is -0.528. The van der Waals surface area contributed by atoms with Crippen LogP contribution in [0.5, 0.6) is 0 Å². The Kier molecular flexibility index (Phi) is 5.29. The molecule has 22 heavy (non-hydrogen) atoms. The van der Waals surface area contributed by atoms with Gasteiger partial charge in [-0.1, -0.05) is 13.8 Å². The highest BCUT2D eigenvalue weighted by atomic mass is 19.1. The Balaban J connectivity index is 2.05. The van der Waals surface area contributed by atoms with Gasteiger partial charge >= 0.3 is 0 Å². The minimum Gasteiger partial charge on any atom is -0.341 e. The molecule has 1 aliphatic rings. The predicted molar refractivity (Wildman–Crippen MR) is 82.8 cm³/mol. The minimum absolute atomic E-state index is 0.0318. The monoisotopic (exact) mass is 306 g/mol. The fourth-order valence-corrected chi connectivity index (χ4v) is 2.74. The first kappa shape index (κ1) is 16.6. The first-order valence-electron chi connectivity index (χ1n) is 7.74. The van der Waals surface area contributed by atoms with Crippen molar-refractivity contribution in [3.8, 4) is 0 Å². The molecule has 0 spiro atoms. The van der Waals surface area contributed by atoms with Gasteiger partial charge in [0.25, 0.3) is 0 Å². The summed E-state index contributed by atoms with van der Waals surface area (Å²) in [5.41, 5.74) is 6.42. The van der Waals surface area contributed by atoms with Crippen LogP contribution < -0.4 is 5.73 Å². The molecule has 0 aliphatic carbocycles. The van der Waals surface area contributed by atoms with Crippen molar-refractivity contribution in [1.82, 2.24) is 4.90 Å². The zero-order valence-electron chi connectivity index (χ0n) is 13.1. The Morgan fingerprint density at radius 2 is 1.91 bits per heavy atom. The number of rotatable bonds is 4. The van der Waals surface area contributed by atoms with Crippen LogP contribution in [-0.4, -0.2) is 35.7 Å². The zero-order valence-corrected chi connectivity index (χ0v) is 13.1. The van der Waals surface area contributed by atoms with Gasteiger partial charge < -0.3 is 10.6 Å². The van der Waals surface area contributed by atoms with Gasteiger partial charge in [0.2, 0.25) is 5.91 Å². The maximum absolute atomic E-state index is 12.9. The molecule has 1 unspecified atom stereocenters. The molecular weight excluding hydrogens is 283 g/mol. The smallest absolute Gasteiger partial charge is 0.239 e. The summed E-state index contributed by atoms with van der Waals surface area (Å²) in [4.78, 5) is 26.5. The van der Waals surface area contributed by atoms with Crippen molar-refractivity contribution in [3.63, 3.8) is 0 Å². The van der Waals surface area contributed by atoms with Gasteiger partial charge in [0.1, 0.15) is 5.82 Å². The highest BCUT2D eigenvalue weighted by Crippen LogP contribution is 2.22. The summed E-state index contributed by atoms with van der Waals surface area (Å²) in [5, 5.41) is 0. The van der Waals surface area contributed by atoms with Crippen molar-refractivity contribution in [1.29, 1.82) is 0 Å². The highest BCUT2D eigenvalue weighted by molar-refractivity contribution is 5.98. The lowest BCUT2D eigenvalue weighted by atomic mass is 9.89. The number of ketones is 1. The van der Waals surface area contributed by atoms with Gasteiger partial charge in [0.05, 0.1) is 6.04 Å². The molecule has 2 N–H and O–H groups in total. The number of likely N-dealkylation sites (tertiary alicyclic amines) is 1. The van der Waals surface area contributed by atoms with E-state index < -0.39 is 6.04 Å². The summed E-state index contributed by atoms with van der Waals surface area (Å²) in [6, 6.07) is 5.04. The van der Waals surface area contributed by atoms with Crippen LogP contribution in [0.25, 0.3) is 0 Å². The van der Waals surface area contributed by atoms with Gasteiger partial charge in [0.15, 0.2) is 5.78 Å².